The van der Waals surface area contributed by atoms with Crippen LogP contribution >= 0.6 is 11.6 Å². The minimum absolute atomic E-state index is 0.303. The molecule has 0 aromatic heterocycles. The van der Waals surface area contributed by atoms with Crippen molar-refractivity contribution in [1.82, 2.24) is 0 Å². The Morgan fingerprint density at radius 2 is 1.61 bits per heavy atom. The normalized spacial score (nSPS) is 21.7. The SMILES string of the molecule is CC1(C)OB(C=Cc2ccccc2Cl)OC1(C)C. The van der Waals surface area contributed by atoms with Crippen molar-refractivity contribution < 1.29 is 9.31 Å². The summed E-state index contributed by atoms with van der Waals surface area (Å²) in [5.41, 5.74) is 0.360. The minimum Gasteiger partial charge on any atom is -0.400 e. The van der Waals surface area contributed by atoms with Gasteiger partial charge in [-0.1, -0.05) is 41.9 Å². The molecule has 1 saturated heterocycles. The molecule has 0 saturated carbocycles. The van der Waals surface area contributed by atoms with Gasteiger partial charge in [-0.2, -0.15) is 0 Å². The van der Waals surface area contributed by atoms with E-state index in [1.54, 1.807) is 0 Å². The van der Waals surface area contributed by atoms with Gasteiger partial charge in [0.05, 0.1) is 11.2 Å². The summed E-state index contributed by atoms with van der Waals surface area (Å²) in [6.45, 7) is 8.15. The third-order valence-corrected chi connectivity index (χ3v) is 3.95. The van der Waals surface area contributed by atoms with Crippen LogP contribution in [0.15, 0.2) is 30.2 Å². The molecule has 0 amide bonds. The zero-order valence-corrected chi connectivity index (χ0v) is 12.0. The first-order valence-electron chi connectivity index (χ1n) is 6.10. The molecule has 4 heteroatoms. The summed E-state index contributed by atoms with van der Waals surface area (Å²) in [7, 11) is -0.328. The Morgan fingerprint density at radius 1 is 1.06 bits per heavy atom. The smallest absolute Gasteiger partial charge is 0.400 e. The third kappa shape index (κ3) is 2.63. The lowest BCUT2D eigenvalue weighted by Crippen LogP contribution is -2.41. The summed E-state index contributed by atoms with van der Waals surface area (Å²) in [5.74, 6) is 1.90. The first-order valence-corrected chi connectivity index (χ1v) is 6.48. The molecular weight excluding hydrogens is 246 g/mol. The minimum atomic E-state index is -0.328. The Bertz CT molecular complexity index is 453. The average Bonchev–Trinajstić information content (AvgIpc) is 2.46. The van der Waals surface area contributed by atoms with E-state index < -0.39 is 0 Å². The van der Waals surface area contributed by atoms with Gasteiger partial charge in [-0.25, -0.2) is 0 Å². The Labute approximate surface area is 114 Å². The molecule has 1 aromatic rings. The first kappa shape index (κ1) is 13.7. The van der Waals surface area contributed by atoms with Crippen molar-refractivity contribution in [2.24, 2.45) is 0 Å². The maximum absolute atomic E-state index is 6.09. The third-order valence-electron chi connectivity index (χ3n) is 3.61. The van der Waals surface area contributed by atoms with E-state index in [0.717, 1.165) is 10.6 Å². The zero-order chi connectivity index (χ0) is 13.4. The highest BCUT2D eigenvalue weighted by molar-refractivity contribution is 6.52. The van der Waals surface area contributed by atoms with Crippen LogP contribution in [0.5, 0.6) is 0 Å². The van der Waals surface area contributed by atoms with Crippen LogP contribution in [0.2, 0.25) is 5.02 Å². The molecule has 0 N–H and O–H groups in total. The summed E-state index contributed by atoms with van der Waals surface area (Å²) < 4.78 is 11.7. The van der Waals surface area contributed by atoms with Crippen LogP contribution in [0.4, 0.5) is 0 Å². The van der Waals surface area contributed by atoms with E-state index >= 15 is 0 Å². The van der Waals surface area contributed by atoms with Crippen molar-refractivity contribution in [1.29, 1.82) is 0 Å². The van der Waals surface area contributed by atoms with Crippen LogP contribution in [-0.2, 0) is 9.31 Å². The predicted octanol–water partition coefficient (Wildman–Crippen LogP) is 3.98. The van der Waals surface area contributed by atoms with Crippen molar-refractivity contribution >= 4 is 24.8 Å². The van der Waals surface area contributed by atoms with Gasteiger partial charge in [0.15, 0.2) is 0 Å². The fraction of sp³-hybridized carbons (Fsp3) is 0.429. The van der Waals surface area contributed by atoms with Crippen molar-refractivity contribution in [3.05, 3.63) is 40.8 Å². The van der Waals surface area contributed by atoms with Crippen molar-refractivity contribution in [3.8, 4) is 0 Å². The van der Waals surface area contributed by atoms with Crippen LogP contribution in [0, 0.1) is 0 Å². The summed E-state index contributed by atoms with van der Waals surface area (Å²) in [6.07, 6.45) is 1.94. The Hall–Kier alpha value is -0.765. The van der Waals surface area contributed by atoms with E-state index in [2.05, 4.69) is 0 Å². The fourth-order valence-corrected chi connectivity index (χ4v) is 1.96. The Morgan fingerprint density at radius 3 is 2.17 bits per heavy atom. The standard InChI is InChI=1S/C14H18BClO2/c1-13(2)14(3,4)18-15(17-13)10-9-11-7-5-6-8-12(11)16/h5-10H,1-4H3. The molecule has 2 rings (SSSR count). The summed E-state index contributed by atoms with van der Waals surface area (Å²) in [6, 6.07) is 7.69. The maximum Gasteiger partial charge on any atom is 0.487 e. The lowest BCUT2D eigenvalue weighted by molar-refractivity contribution is 0.00578. The molecule has 1 heterocycles. The largest absolute Gasteiger partial charge is 0.487 e. The average molecular weight is 265 g/mol. The Balaban J connectivity index is 2.11. The molecule has 0 radical (unpaired) electrons. The van der Waals surface area contributed by atoms with E-state index in [-0.39, 0.29) is 18.3 Å². The second-order valence-electron chi connectivity index (χ2n) is 5.51. The predicted molar refractivity (Wildman–Crippen MR) is 76.6 cm³/mol. The van der Waals surface area contributed by atoms with E-state index in [4.69, 9.17) is 20.9 Å². The fourth-order valence-electron chi connectivity index (χ4n) is 1.76. The van der Waals surface area contributed by atoms with Gasteiger partial charge in [0.2, 0.25) is 0 Å². The molecule has 18 heavy (non-hydrogen) atoms. The lowest BCUT2D eigenvalue weighted by atomic mass is 9.89. The molecule has 0 spiro atoms. The monoisotopic (exact) mass is 264 g/mol. The number of rotatable bonds is 2. The van der Waals surface area contributed by atoms with Crippen LogP contribution in [0.25, 0.3) is 6.08 Å². The number of halogens is 1. The van der Waals surface area contributed by atoms with Gasteiger partial charge in [-0.05, 0) is 39.3 Å². The molecule has 1 aromatic carbocycles. The van der Waals surface area contributed by atoms with Crippen LogP contribution in [0.3, 0.4) is 0 Å². The van der Waals surface area contributed by atoms with Gasteiger partial charge >= 0.3 is 7.12 Å². The molecule has 1 fully saturated rings. The second-order valence-corrected chi connectivity index (χ2v) is 5.91. The van der Waals surface area contributed by atoms with E-state index in [1.165, 1.54) is 0 Å². The molecule has 0 atom stereocenters. The topological polar surface area (TPSA) is 18.5 Å². The first-order chi connectivity index (χ1) is 8.32. The van der Waals surface area contributed by atoms with Gasteiger partial charge < -0.3 is 9.31 Å². The van der Waals surface area contributed by atoms with Crippen molar-refractivity contribution in [3.63, 3.8) is 0 Å². The van der Waals surface area contributed by atoms with Crippen molar-refractivity contribution in [2.75, 3.05) is 0 Å². The molecule has 0 bridgehead atoms. The van der Waals surface area contributed by atoms with Gasteiger partial charge in [0.1, 0.15) is 0 Å². The van der Waals surface area contributed by atoms with Crippen LogP contribution < -0.4 is 0 Å². The molecular formula is C14H18BClO2. The summed E-state index contributed by atoms with van der Waals surface area (Å²) in [5, 5.41) is 0.727. The van der Waals surface area contributed by atoms with Crippen LogP contribution in [-0.4, -0.2) is 18.3 Å². The Kier molecular flexibility index (Phi) is 3.59. The van der Waals surface area contributed by atoms with E-state index in [0.29, 0.717) is 0 Å². The maximum atomic E-state index is 6.09. The molecule has 0 aliphatic carbocycles. The zero-order valence-electron chi connectivity index (χ0n) is 11.2. The highest BCUT2D eigenvalue weighted by Gasteiger charge is 2.49. The summed E-state index contributed by atoms with van der Waals surface area (Å²) >= 11 is 6.09. The quantitative estimate of drug-likeness (QED) is 0.752. The number of hydrogen-bond donors (Lipinski definition) is 0. The molecule has 0 unspecified atom stereocenters. The molecule has 96 valence electrons. The second kappa shape index (κ2) is 4.73. The number of hydrogen-bond acceptors (Lipinski definition) is 2. The highest BCUT2D eigenvalue weighted by Crippen LogP contribution is 2.37. The summed E-state index contributed by atoms with van der Waals surface area (Å²) in [4.78, 5) is 0. The number of benzene rings is 1. The molecule has 1 aliphatic rings. The van der Waals surface area contributed by atoms with Gasteiger partial charge in [0.25, 0.3) is 0 Å². The lowest BCUT2D eigenvalue weighted by Gasteiger charge is -2.32. The van der Waals surface area contributed by atoms with Gasteiger partial charge in [-0.3, -0.25) is 0 Å². The van der Waals surface area contributed by atoms with Gasteiger partial charge in [-0.15, -0.1) is 0 Å². The van der Waals surface area contributed by atoms with Crippen molar-refractivity contribution in [2.45, 2.75) is 38.9 Å². The molecule has 2 nitrogen and oxygen atoms in total. The highest BCUT2D eigenvalue weighted by atomic mass is 35.5. The van der Waals surface area contributed by atoms with Gasteiger partial charge in [0, 0.05) is 5.02 Å². The van der Waals surface area contributed by atoms with E-state index in [9.17, 15) is 0 Å². The van der Waals surface area contributed by atoms with Crippen LogP contribution in [0.1, 0.15) is 33.3 Å². The molecule has 1 aliphatic heterocycles. The van der Waals surface area contributed by atoms with E-state index in [1.807, 2.05) is 64.0 Å².